The number of rotatable bonds is 6. The standard InChI is InChI=1S/C19H21N3O5S/c1-12-3-4-13(2)17(9-12)27-11-19(24)21-22-28(25,26)15-6-7-16-14(10-15)5-8-18(23)20-16/h3-4,6-7,9-10,22H,5,8,11H2,1-2H3,(H,20,23)(H,21,24). The molecule has 1 aliphatic heterocycles. The van der Waals surface area contributed by atoms with Crippen LogP contribution in [0.5, 0.6) is 5.75 Å². The average molecular weight is 403 g/mol. The van der Waals surface area contributed by atoms with E-state index in [4.69, 9.17) is 4.74 Å². The van der Waals surface area contributed by atoms with E-state index >= 15 is 0 Å². The summed E-state index contributed by atoms with van der Waals surface area (Å²) >= 11 is 0. The molecule has 0 bridgehead atoms. The zero-order chi connectivity index (χ0) is 20.3. The molecule has 8 nitrogen and oxygen atoms in total. The van der Waals surface area contributed by atoms with Crippen LogP contribution in [0.3, 0.4) is 0 Å². The number of hydrogen-bond acceptors (Lipinski definition) is 5. The number of hydrazine groups is 1. The van der Waals surface area contributed by atoms with Gasteiger partial charge in [0.25, 0.3) is 15.9 Å². The van der Waals surface area contributed by atoms with Gasteiger partial charge in [0, 0.05) is 12.1 Å². The second kappa shape index (κ2) is 7.99. The van der Waals surface area contributed by atoms with Crippen LogP contribution >= 0.6 is 0 Å². The first-order valence-electron chi connectivity index (χ1n) is 8.68. The van der Waals surface area contributed by atoms with E-state index in [9.17, 15) is 18.0 Å². The average Bonchev–Trinajstić information content (AvgIpc) is 2.66. The van der Waals surface area contributed by atoms with Crippen LogP contribution in [-0.2, 0) is 26.0 Å². The largest absolute Gasteiger partial charge is 0.483 e. The van der Waals surface area contributed by atoms with E-state index in [1.54, 1.807) is 6.07 Å². The first-order chi connectivity index (χ1) is 13.2. The Morgan fingerprint density at radius 2 is 1.93 bits per heavy atom. The molecule has 3 N–H and O–H groups in total. The van der Waals surface area contributed by atoms with E-state index < -0.39 is 15.9 Å². The van der Waals surface area contributed by atoms with Crippen molar-refractivity contribution >= 4 is 27.5 Å². The number of fused-ring (bicyclic) bond motifs is 1. The van der Waals surface area contributed by atoms with E-state index in [1.807, 2.05) is 26.0 Å². The van der Waals surface area contributed by atoms with Crippen molar-refractivity contribution in [2.45, 2.75) is 31.6 Å². The van der Waals surface area contributed by atoms with Crippen molar-refractivity contribution < 1.29 is 22.7 Å². The summed E-state index contributed by atoms with van der Waals surface area (Å²) in [4.78, 5) is 25.4. The van der Waals surface area contributed by atoms with Gasteiger partial charge in [-0.25, -0.2) is 8.42 Å². The van der Waals surface area contributed by atoms with Crippen molar-refractivity contribution in [1.29, 1.82) is 0 Å². The van der Waals surface area contributed by atoms with Gasteiger partial charge in [-0.1, -0.05) is 12.1 Å². The molecule has 0 atom stereocenters. The molecule has 0 fully saturated rings. The Morgan fingerprint density at radius 1 is 1.14 bits per heavy atom. The van der Waals surface area contributed by atoms with Gasteiger partial charge in [0.1, 0.15) is 5.75 Å². The van der Waals surface area contributed by atoms with Gasteiger partial charge < -0.3 is 10.1 Å². The maximum atomic E-state index is 12.4. The number of aryl methyl sites for hydroxylation is 3. The quantitative estimate of drug-likeness (QED) is 0.634. The molecule has 2 aromatic carbocycles. The Kier molecular flexibility index (Phi) is 5.66. The number of ether oxygens (including phenoxy) is 1. The number of carbonyl (C=O) groups is 2. The number of benzene rings is 2. The molecule has 0 saturated carbocycles. The van der Waals surface area contributed by atoms with Crippen LogP contribution in [0.2, 0.25) is 0 Å². The lowest BCUT2D eigenvalue weighted by molar-refractivity contribution is -0.123. The maximum absolute atomic E-state index is 12.4. The van der Waals surface area contributed by atoms with Gasteiger partial charge in [0.2, 0.25) is 5.91 Å². The van der Waals surface area contributed by atoms with Gasteiger partial charge in [-0.05, 0) is 61.2 Å². The van der Waals surface area contributed by atoms with Gasteiger partial charge in [-0.2, -0.15) is 0 Å². The number of sulfonamides is 1. The van der Waals surface area contributed by atoms with Crippen LogP contribution < -0.4 is 20.3 Å². The van der Waals surface area contributed by atoms with E-state index in [0.717, 1.165) is 16.7 Å². The molecule has 2 amide bonds. The van der Waals surface area contributed by atoms with Crippen molar-refractivity contribution in [2.75, 3.05) is 11.9 Å². The van der Waals surface area contributed by atoms with Crippen molar-refractivity contribution in [3.63, 3.8) is 0 Å². The molecule has 148 valence electrons. The summed E-state index contributed by atoms with van der Waals surface area (Å²) in [6.07, 6.45) is 0.761. The molecule has 28 heavy (non-hydrogen) atoms. The monoisotopic (exact) mass is 403 g/mol. The topological polar surface area (TPSA) is 114 Å². The third-order valence-electron chi connectivity index (χ3n) is 4.31. The predicted octanol–water partition coefficient (Wildman–Crippen LogP) is 1.58. The highest BCUT2D eigenvalue weighted by atomic mass is 32.2. The van der Waals surface area contributed by atoms with Crippen molar-refractivity contribution in [1.82, 2.24) is 10.3 Å². The molecule has 0 spiro atoms. The van der Waals surface area contributed by atoms with Crippen LogP contribution in [0.1, 0.15) is 23.1 Å². The molecule has 9 heteroatoms. The highest BCUT2D eigenvalue weighted by Crippen LogP contribution is 2.25. The van der Waals surface area contributed by atoms with Crippen LogP contribution in [-0.4, -0.2) is 26.8 Å². The van der Waals surface area contributed by atoms with E-state index in [1.165, 1.54) is 18.2 Å². The second-order valence-corrected chi connectivity index (χ2v) is 8.26. The Balaban J connectivity index is 1.59. The first kappa shape index (κ1) is 19.8. The highest BCUT2D eigenvalue weighted by Gasteiger charge is 2.20. The summed E-state index contributed by atoms with van der Waals surface area (Å²) in [5.74, 6) is -0.165. The van der Waals surface area contributed by atoms with Crippen LogP contribution in [0.25, 0.3) is 0 Å². The molecule has 3 rings (SSSR count). The summed E-state index contributed by atoms with van der Waals surface area (Å²) in [5, 5.41) is 2.69. The number of amides is 2. The van der Waals surface area contributed by atoms with Gasteiger partial charge in [-0.3, -0.25) is 15.0 Å². The summed E-state index contributed by atoms with van der Waals surface area (Å²) in [6.45, 7) is 3.43. The maximum Gasteiger partial charge on any atom is 0.272 e. The van der Waals surface area contributed by atoms with Crippen molar-refractivity contribution in [3.8, 4) is 5.75 Å². The predicted molar refractivity (Wildman–Crippen MR) is 103 cm³/mol. The Bertz CT molecular complexity index is 1030. The normalized spacial score (nSPS) is 13.4. The van der Waals surface area contributed by atoms with Crippen LogP contribution in [0.4, 0.5) is 5.69 Å². The highest BCUT2D eigenvalue weighted by molar-refractivity contribution is 7.89. The van der Waals surface area contributed by atoms with Gasteiger partial charge in [-0.15, -0.1) is 4.83 Å². The zero-order valence-electron chi connectivity index (χ0n) is 15.5. The summed E-state index contributed by atoms with van der Waals surface area (Å²) in [7, 11) is -3.95. The smallest absolute Gasteiger partial charge is 0.272 e. The van der Waals surface area contributed by atoms with Crippen LogP contribution in [0.15, 0.2) is 41.3 Å². The minimum atomic E-state index is -3.95. The van der Waals surface area contributed by atoms with E-state index in [0.29, 0.717) is 24.3 Å². The second-order valence-electron chi connectivity index (χ2n) is 6.58. The summed E-state index contributed by atoms with van der Waals surface area (Å²) < 4.78 is 30.3. The Hall–Kier alpha value is -2.91. The molecular formula is C19H21N3O5S. The molecule has 0 aliphatic carbocycles. The molecule has 0 radical (unpaired) electrons. The zero-order valence-corrected chi connectivity index (χ0v) is 16.4. The van der Waals surface area contributed by atoms with Gasteiger partial charge in [0.05, 0.1) is 4.90 Å². The number of carbonyl (C=O) groups excluding carboxylic acids is 2. The fraction of sp³-hybridized carbons (Fsp3) is 0.263. The molecule has 0 unspecified atom stereocenters. The SMILES string of the molecule is Cc1ccc(C)c(OCC(=O)NNS(=O)(=O)c2ccc3c(c2)CCC(=O)N3)c1. The lowest BCUT2D eigenvalue weighted by Crippen LogP contribution is -2.43. The van der Waals surface area contributed by atoms with Crippen molar-refractivity contribution in [2.24, 2.45) is 0 Å². The summed E-state index contributed by atoms with van der Waals surface area (Å²) in [6, 6.07) is 10.00. The van der Waals surface area contributed by atoms with Crippen LogP contribution in [0, 0.1) is 13.8 Å². The molecular weight excluding hydrogens is 382 g/mol. The summed E-state index contributed by atoms with van der Waals surface area (Å²) in [5.41, 5.74) is 5.33. The lowest BCUT2D eigenvalue weighted by Gasteiger charge is -2.17. The Morgan fingerprint density at radius 3 is 2.71 bits per heavy atom. The third kappa shape index (κ3) is 4.68. The lowest BCUT2D eigenvalue weighted by atomic mass is 10.0. The fourth-order valence-corrected chi connectivity index (χ4v) is 3.66. The van der Waals surface area contributed by atoms with E-state index in [2.05, 4.69) is 15.6 Å². The third-order valence-corrected chi connectivity index (χ3v) is 5.56. The first-order valence-corrected chi connectivity index (χ1v) is 10.2. The molecule has 0 aromatic heterocycles. The van der Waals surface area contributed by atoms with Gasteiger partial charge >= 0.3 is 0 Å². The number of hydrogen-bond donors (Lipinski definition) is 3. The molecule has 0 saturated heterocycles. The molecule has 1 heterocycles. The van der Waals surface area contributed by atoms with Gasteiger partial charge in [0.15, 0.2) is 6.61 Å². The fourth-order valence-electron chi connectivity index (χ4n) is 2.75. The van der Waals surface area contributed by atoms with Crippen molar-refractivity contribution in [3.05, 3.63) is 53.1 Å². The molecule has 1 aliphatic rings. The minimum absolute atomic E-state index is 0.00172. The van der Waals surface area contributed by atoms with E-state index in [-0.39, 0.29) is 17.4 Å². The minimum Gasteiger partial charge on any atom is -0.483 e. The molecule has 2 aromatic rings. The number of nitrogens with one attached hydrogen (secondary N) is 3. The number of anilines is 1. The Labute approximate surface area is 163 Å².